The van der Waals surface area contributed by atoms with Gasteiger partial charge in [-0.05, 0) is 6.92 Å². The number of aliphatic hydroxyl groups is 1. The predicted octanol–water partition coefficient (Wildman–Crippen LogP) is -0.608. The van der Waals surface area contributed by atoms with Crippen molar-refractivity contribution in [2.24, 2.45) is 7.05 Å². The molecule has 102 valence electrons. The molecule has 0 aliphatic rings. The molecule has 1 aromatic heterocycles. The molecule has 1 rings (SSSR count). The molecule has 0 radical (unpaired) electrons. The Morgan fingerprint density at radius 1 is 1.56 bits per heavy atom. The second-order valence-corrected chi connectivity index (χ2v) is 3.98. The maximum atomic E-state index is 12.3. The predicted molar refractivity (Wildman–Crippen MR) is 67.2 cm³/mol. The summed E-state index contributed by atoms with van der Waals surface area (Å²) in [6.45, 7) is 2.69. The van der Waals surface area contributed by atoms with Gasteiger partial charge in [-0.3, -0.25) is 9.48 Å². The van der Waals surface area contributed by atoms with Crippen LogP contribution in [0.4, 0.5) is 5.69 Å². The van der Waals surface area contributed by atoms with E-state index in [1.165, 1.54) is 9.58 Å². The molecule has 0 fully saturated rings. The summed E-state index contributed by atoms with van der Waals surface area (Å²) in [4.78, 5) is 13.8. The van der Waals surface area contributed by atoms with Crippen LogP contribution in [0.15, 0.2) is 0 Å². The van der Waals surface area contributed by atoms with Crippen LogP contribution in [0.3, 0.4) is 0 Å². The molecule has 1 heterocycles. The third-order valence-electron chi connectivity index (χ3n) is 2.69. The fraction of sp³-hybridized carbons (Fsp3) is 0.636. The summed E-state index contributed by atoms with van der Waals surface area (Å²) >= 11 is 0. The van der Waals surface area contributed by atoms with E-state index < -0.39 is 0 Å². The van der Waals surface area contributed by atoms with Gasteiger partial charge in [-0.15, -0.1) is 0 Å². The number of hydrogen-bond acceptors (Lipinski definition) is 5. The summed E-state index contributed by atoms with van der Waals surface area (Å²) in [5.41, 5.74) is 7.19. The molecule has 0 aromatic carbocycles. The molecule has 0 spiro atoms. The Labute approximate surface area is 106 Å². The van der Waals surface area contributed by atoms with Gasteiger partial charge in [0.1, 0.15) is 5.69 Å². The first-order chi connectivity index (χ1) is 8.52. The standard InChI is InChI=1S/C11H20N4O3/c1-8-9(12)10(14(2)13-8)11(17)15(4-6-16)5-7-18-3/h16H,4-7,12H2,1-3H3. The van der Waals surface area contributed by atoms with Gasteiger partial charge in [-0.25, -0.2) is 0 Å². The van der Waals surface area contributed by atoms with Gasteiger partial charge in [-0.2, -0.15) is 5.10 Å². The third kappa shape index (κ3) is 2.99. The van der Waals surface area contributed by atoms with E-state index in [0.717, 1.165) is 0 Å². The molecule has 7 heteroatoms. The molecular weight excluding hydrogens is 236 g/mol. The zero-order valence-electron chi connectivity index (χ0n) is 11.0. The van der Waals surface area contributed by atoms with Gasteiger partial charge >= 0.3 is 0 Å². The van der Waals surface area contributed by atoms with E-state index in [9.17, 15) is 4.79 Å². The number of ether oxygens (including phenoxy) is 1. The molecule has 0 aliphatic heterocycles. The summed E-state index contributed by atoms with van der Waals surface area (Å²) < 4.78 is 6.40. The number of nitrogens with two attached hydrogens (primary N) is 1. The molecule has 1 amide bonds. The topological polar surface area (TPSA) is 93.6 Å². The normalized spacial score (nSPS) is 10.7. The highest BCUT2D eigenvalue weighted by Crippen LogP contribution is 2.17. The minimum atomic E-state index is -0.248. The maximum absolute atomic E-state index is 12.3. The van der Waals surface area contributed by atoms with Crippen molar-refractivity contribution in [1.29, 1.82) is 0 Å². The zero-order chi connectivity index (χ0) is 13.7. The Hall–Kier alpha value is -1.60. The van der Waals surface area contributed by atoms with Gasteiger partial charge in [0.2, 0.25) is 0 Å². The average molecular weight is 256 g/mol. The zero-order valence-corrected chi connectivity index (χ0v) is 11.0. The van der Waals surface area contributed by atoms with Crippen molar-refractivity contribution in [1.82, 2.24) is 14.7 Å². The van der Waals surface area contributed by atoms with Gasteiger partial charge in [0.15, 0.2) is 0 Å². The smallest absolute Gasteiger partial charge is 0.274 e. The van der Waals surface area contributed by atoms with E-state index in [-0.39, 0.29) is 19.1 Å². The Morgan fingerprint density at radius 2 is 2.22 bits per heavy atom. The summed E-state index contributed by atoms with van der Waals surface area (Å²) in [6, 6.07) is 0. The van der Waals surface area contributed by atoms with Gasteiger partial charge in [0.25, 0.3) is 5.91 Å². The van der Waals surface area contributed by atoms with Crippen molar-refractivity contribution in [2.75, 3.05) is 39.1 Å². The first-order valence-electron chi connectivity index (χ1n) is 5.71. The van der Waals surface area contributed by atoms with Crippen LogP contribution >= 0.6 is 0 Å². The van der Waals surface area contributed by atoms with Crippen molar-refractivity contribution in [3.63, 3.8) is 0 Å². The highest BCUT2D eigenvalue weighted by molar-refractivity contribution is 5.98. The number of methoxy groups -OCH3 is 1. The monoisotopic (exact) mass is 256 g/mol. The van der Waals surface area contributed by atoms with Crippen LogP contribution in [0.5, 0.6) is 0 Å². The minimum absolute atomic E-state index is 0.105. The fourth-order valence-electron chi connectivity index (χ4n) is 1.72. The number of aromatic nitrogens is 2. The van der Waals surface area contributed by atoms with Crippen molar-refractivity contribution in [2.45, 2.75) is 6.92 Å². The summed E-state index contributed by atoms with van der Waals surface area (Å²) in [6.07, 6.45) is 0. The molecule has 0 atom stereocenters. The minimum Gasteiger partial charge on any atom is -0.395 e. The summed E-state index contributed by atoms with van der Waals surface area (Å²) in [5.74, 6) is -0.248. The van der Waals surface area contributed by atoms with E-state index in [1.54, 1.807) is 21.1 Å². The molecule has 18 heavy (non-hydrogen) atoms. The van der Waals surface area contributed by atoms with E-state index in [4.69, 9.17) is 15.6 Å². The number of anilines is 1. The first-order valence-corrected chi connectivity index (χ1v) is 5.71. The Morgan fingerprint density at radius 3 is 2.67 bits per heavy atom. The summed E-state index contributed by atoms with van der Waals surface area (Å²) in [7, 11) is 3.23. The number of hydrogen-bond donors (Lipinski definition) is 2. The number of carbonyl (C=O) groups excluding carboxylic acids is 1. The number of aliphatic hydroxyl groups excluding tert-OH is 1. The lowest BCUT2D eigenvalue weighted by Gasteiger charge is -2.21. The Kier molecular flexibility index (Phi) is 5.11. The van der Waals surface area contributed by atoms with Crippen LogP contribution in [-0.2, 0) is 11.8 Å². The number of nitrogens with zero attached hydrogens (tertiary/aromatic N) is 3. The molecular formula is C11H20N4O3. The van der Waals surface area contributed by atoms with E-state index >= 15 is 0 Å². The highest BCUT2D eigenvalue weighted by Gasteiger charge is 2.23. The van der Waals surface area contributed by atoms with Crippen molar-refractivity contribution < 1.29 is 14.6 Å². The van der Waals surface area contributed by atoms with Crippen LogP contribution in [0.25, 0.3) is 0 Å². The molecule has 0 aliphatic carbocycles. The quantitative estimate of drug-likeness (QED) is 0.708. The summed E-state index contributed by atoms with van der Waals surface area (Å²) in [5, 5.41) is 13.1. The average Bonchev–Trinajstić information content (AvgIpc) is 2.58. The first kappa shape index (κ1) is 14.5. The van der Waals surface area contributed by atoms with Crippen molar-refractivity contribution >= 4 is 11.6 Å². The second-order valence-electron chi connectivity index (χ2n) is 3.98. The van der Waals surface area contributed by atoms with Crippen LogP contribution in [0.2, 0.25) is 0 Å². The molecule has 3 N–H and O–H groups in total. The SMILES string of the molecule is COCCN(CCO)C(=O)c1c(N)c(C)nn1C. The number of rotatable bonds is 6. The van der Waals surface area contributed by atoms with Gasteiger partial charge in [-0.1, -0.05) is 0 Å². The van der Waals surface area contributed by atoms with Gasteiger partial charge < -0.3 is 20.5 Å². The number of amides is 1. The third-order valence-corrected chi connectivity index (χ3v) is 2.69. The fourth-order valence-corrected chi connectivity index (χ4v) is 1.72. The van der Waals surface area contributed by atoms with Crippen LogP contribution in [0.1, 0.15) is 16.2 Å². The van der Waals surface area contributed by atoms with Crippen molar-refractivity contribution in [3.8, 4) is 0 Å². The van der Waals surface area contributed by atoms with E-state index in [2.05, 4.69) is 5.10 Å². The lowest BCUT2D eigenvalue weighted by molar-refractivity contribution is 0.0647. The number of carbonyl (C=O) groups is 1. The molecule has 0 saturated carbocycles. The van der Waals surface area contributed by atoms with Gasteiger partial charge in [0, 0.05) is 27.2 Å². The van der Waals surface area contributed by atoms with Crippen LogP contribution in [0, 0.1) is 6.92 Å². The Bertz CT molecular complexity index is 417. The van der Waals surface area contributed by atoms with Gasteiger partial charge in [0.05, 0.1) is 24.6 Å². The number of nitrogen functional groups attached to an aromatic ring is 1. The molecule has 0 bridgehead atoms. The number of aryl methyl sites for hydroxylation is 2. The van der Waals surface area contributed by atoms with Crippen molar-refractivity contribution in [3.05, 3.63) is 11.4 Å². The van der Waals surface area contributed by atoms with Crippen LogP contribution < -0.4 is 5.73 Å². The second kappa shape index (κ2) is 6.36. The largest absolute Gasteiger partial charge is 0.395 e. The van der Waals surface area contributed by atoms with E-state index in [0.29, 0.717) is 30.2 Å². The Balaban J connectivity index is 2.94. The van der Waals surface area contributed by atoms with Crippen LogP contribution in [-0.4, -0.2) is 59.1 Å². The molecule has 1 aromatic rings. The highest BCUT2D eigenvalue weighted by atomic mass is 16.5. The lowest BCUT2D eigenvalue weighted by atomic mass is 10.2. The molecule has 7 nitrogen and oxygen atoms in total. The van der Waals surface area contributed by atoms with E-state index in [1.807, 2.05) is 0 Å². The molecule has 0 unspecified atom stereocenters. The maximum Gasteiger partial charge on any atom is 0.274 e. The molecule has 0 saturated heterocycles. The lowest BCUT2D eigenvalue weighted by Crippen LogP contribution is -2.37.